The van der Waals surface area contributed by atoms with Gasteiger partial charge in [-0.15, -0.1) is 0 Å². The number of hydrogen-bond donors (Lipinski definition) is 2. The van der Waals surface area contributed by atoms with Crippen molar-refractivity contribution in [3.8, 4) is 0 Å². The molecule has 0 heterocycles. The lowest BCUT2D eigenvalue weighted by atomic mass is 10.1. The molecule has 0 saturated carbocycles. The fraction of sp³-hybridized carbons (Fsp3) is 0.0714. The number of rotatable bonds is 4. The van der Waals surface area contributed by atoms with Crippen LogP contribution in [0.1, 0.15) is 11.6 Å². The summed E-state index contributed by atoms with van der Waals surface area (Å²) in [6.07, 6.45) is 0. The van der Waals surface area contributed by atoms with Crippen molar-refractivity contribution in [2.75, 3.05) is 5.32 Å². The zero-order valence-electron chi connectivity index (χ0n) is 9.51. The Morgan fingerprint density at radius 1 is 1.11 bits per heavy atom. The fourth-order valence-corrected chi connectivity index (χ4v) is 1.87. The number of aliphatic carboxylic acids is 1. The van der Waals surface area contributed by atoms with Crippen molar-refractivity contribution in [2.24, 2.45) is 0 Å². The van der Waals surface area contributed by atoms with Crippen molar-refractivity contribution in [3.63, 3.8) is 0 Å². The molecule has 2 aromatic rings. The van der Waals surface area contributed by atoms with Crippen LogP contribution < -0.4 is 5.32 Å². The number of anilines is 1. The molecular formula is C14H12ClNO2. The van der Waals surface area contributed by atoms with E-state index in [4.69, 9.17) is 11.6 Å². The van der Waals surface area contributed by atoms with Gasteiger partial charge in [-0.05, 0) is 29.8 Å². The Hall–Kier alpha value is -2.00. The van der Waals surface area contributed by atoms with Crippen LogP contribution in [0.25, 0.3) is 0 Å². The van der Waals surface area contributed by atoms with E-state index in [1.54, 1.807) is 24.3 Å². The second kappa shape index (κ2) is 5.56. The Bertz CT molecular complexity index is 543. The highest BCUT2D eigenvalue weighted by molar-refractivity contribution is 6.30. The molecule has 2 N–H and O–H groups in total. The molecule has 3 nitrogen and oxygen atoms in total. The van der Waals surface area contributed by atoms with E-state index >= 15 is 0 Å². The van der Waals surface area contributed by atoms with Crippen molar-refractivity contribution in [1.29, 1.82) is 0 Å². The standard InChI is InChI=1S/C14H12ClNO2/c15-11-6-4-5-10(9-11)13(14(17)18)16-12-7-2-1-3-8-12/h1-9,13,16H,(H,17,18). The molecule has 92 valence electrons. The number of carbonyl (C=O) groups is 1. The van der Waals surface area contributed by atoms with Gasteiger partial charge >= 0.3 is 5.97 Å². The summed E-state index contributed by atoms with van der Waals surface area (Å²) in [5.41, 5.74) is 1.38. The molecule has 0 bridgehead atoms. The Morgan fingerprint density at radius 3 is 2.44 bits per heavy atom. The average molecular weight is 262 g/mol. The molecule has 0 aliphatic rings. The summed E-state index contributed by atoms with van der Waals surface area (Å²) in [6, 6.07) is 15.2. The third kappa shape index (κ3) is 3.02. The first-order valence-electron chi connectivity index (χ1n) is 5.46. The van der Waals surface area contributed by atoms with Crippen LogP contribution in [-0.2, 0) is 4.79 Å². The summed E-state index contributed by atoms with van der Waals surface area (Å²) >= 11 is 5.88. The predicted molar refractivity (Wildman–Crippen MR) is 71.9 cm³/mol. The highest BCUT2D eigenvalue weighted by Crippen LogP contribution is 2.22. The van der Waals surface area contributed by atoms with Gasteiger partial charge in [0.25, 0.3) is 0 Å². The van der Waals surface area contributed by atoms with Crippen LogP contribution in [0.2, 0.25) is 5.02 Å². The molecule has 18 heavy (non-hydrogen) atoms. The molecular weight excluding hydrogens is 250 g/mol. The number of para-hydroxylation sites is 1. The molecule has 0 radical (unpaired) electrons. The number of halogens is 1. The highest BCUT2D eigenvalue weighted by Gasteiger charge is 2.19. The molecule has 0 fully saturated rings. The SMILES string of the molecule is O=C(O)C(Nc1ccccc1)c1cccc(Cl)c1. The minimum atomic E-state index is -0.943. The van der Waals surface area contributed by atoms with E-state index in [-0.39, 0.29) is 0 Å². The van der Waals surface area contributed by atoms with Gasteiger partial charge in [-0.3, -0.25) is 0 Å². The lowest BCUT2D eigenvalue weighted by Crippen LogP contribution is -2.20. The predicted octanol–water partition coefficient (Wildman–Crippen LogP) is 3.58. The highest BCUT2D eigenvalue weighted by atomic mass is 35.5. The quantitative estimate of drug-likeness (QED) is 0.884. The zero-order valence-corrected chi connectivity index (χ0v) is 10.3. The summed E-state index contributed by atoms with van der Waals surface area (Å²) in [5, 5.41) is 12.8. The van der Waals surface area contributed by atoms with Gasteiger partial charge in [0.1, 0.15) is 0 Å². The molecule has 0 spiro atoms. The Balaban J connectivity index is 2.27. The van der Waals surface area contributed by atoms with Crippen LogP contribution in [0.5, 0.6) is 0 Å². The van der Waals surface area contributed by atoms with Crippen molar-refractivity contribution >= 4 is 23.3 Å². The zero-order chi connectivity index (χ0) is 13.0. The van der Waals surface area contributed by atoms with E-state index in [1.165, 1.54) is 0 Å². The number of carboxylic acid groups (broad SMARTS) is 1. The van der Waals surface area contributed by atoms with Crippen molar-refractivity contribution in [1.82, 2.24) is 0 Å². The van der Waals surface area contributed by atoms with E-state index < -0.39 is 12.0 Å². The molecule has 0 aliphatic heterocycles. The lowest BCUT2D eigenvalue weighted by molar-refractivity contribution is -0.138. The minimum Gasteiger partial charge on any atom is -0.479 e. The first-order valence-corrected chi connectivity index (χ1v) is 5.84. The Morgan fingerprint density at radius 2 is 1.83 bits per heavy atom. The molecule has 1 unspecified atom stereocenters. The monoisotopic (exact) mass is 261 g/mol. The Labute approximate surface area is 110 Å². The van der Waals surface area contributed by atoms with Gasteiger partial charge in [0.05, 0.1) is 0 Å². The molecule has 2 rings (SSSR count). The molecule has 1 atom stereocenters. The fourth-order valence-electron chi connectivity index (χ4n) is 1.67. The molecule has 2 aromatic carbocycles. The molecule has 0 aromatic heterocycles. The second-order valence-electron chi connectivity index (χ2n) is 3.84. The van der Waals surface area contributed by atoms with Crippen LogP contribution in [0.4, 0.5) is 5.69 Å². The third-order valence-electron chi connectivity index (χ3n) is 2.51. The van der Waals surface area contributed by atoms with Crippen LogP contribution in [-0.4, -0.2) is 11.1 Å². The number of benzene rings is 2. The van der Waals surface area contributed by atoms with Crippen LogP contribution in [0, 0.1) is 0 Å². The van der Waals surface area contributed by atoms with Crippen LogP contribution in [0.3, 0.4) is 0 Å². The van der Waals surface area contributed by atoms with E-state index in [9.17, 15) is 9.90 Å². The molecule has 0 saturated heterocycles. The summed E-state index contributed by atoms with van der Waals surface area (Å²) < 4.78 is 0. The maximum absolute atomic E-state index is 11.3. The van der Waals surface area contributed by atoms with Crippen molar-refractivity contribution < 1.29 is 9.90 Å². The van der Waals surface area contributed by atoms with Gasteiger partial charge in [0.15, 0.2) is 6.04 Å². The number of hydrogen-bond acceptors (Lipinski definition) is 2. The van der Waals surface area contributed by atoms with E-state index in [1.807, 2.05) is 30.3 Å². The molecule has 0 amide bonds. The second-order valence-corrected chi connectivity index (χ2v) is 4.27. The minimum absolute atomic E-state index is 0.522. The first-order chi connectivity index (χ1) is 8.66. The van der Waals surface area contributed by atoms with Crippen molar-refractivity contribution in [2.45, 2.75) is 6.04 Å². The first kappa shape index (κ1) is 12.5. The summed E-state index contributed by atoms with van der Waals surface area (Å²) in [6.45, 7) is 0. The smallest absolute Gasteiger partial charge is 0.330 e. The summed E-state index contributed by atoms with van der Waals surface area (Å²) in [5.74, 6) is -0.943. The number of nitrogens with one attached hydrogen (secondary N) is 1. The molecule has 4 heteroatoms. The van der Waals surface area contributed by atoms with Crippen LogP contribution in [0.15, 0.2) is 54.6 Å². The van der Waals surface area contributed by atoms with Gasteiger partial charge < -0.3 is 10.4 Å². The lowest BCUT2D eigenvalue weighted by Gasteiger charge is -2.16. The maximum Gasteiger partial charge on any atom is 0.330 e. The molecule has 0 aliphatic carbocycles. The van der Waals surface area contributed by atoms with E-state index in [0.717, 1.165) is 5.69 Å². The van der Waals surface area contributed by atoms with Gasteiger partial charge in [-0.2, -0.15) is 0 Å². The average Bonchev–Trinajstić information content (AvgIpc) is 2.37. The van der Waals surface area contributed by atoms with E-state index in [0.29, 0.717) is 10.6 Å². The van der Waals surface area contributed by atoms with Crippen LogP contribution >= 0.6 is 11.6 Å². The largest absolute Gasteiger partial charge is 0.479 e. The summed E-state index contributed by atoms with van der Waals surface area (Å²) in [4.78, 5) is 11.3. The topological polar surface area (TPSA) is 49.3 Å². The summed E-state index contributed by atoms with van der Waals surface area (Å²) in [7, 11) is 0. The number of carboxylic acids is 1. The third-order valence-corrected chi connectivity index (χ3v) is 2.75. The normalized spacial score (nSPS) is 11.8. The van der Waals surface area contributed by atoms with Gasteiger partial charge in [-0.1, -0.05) is 41.9 Å². The van der Waals surface area contributed by atoms with Gasteiger partial charge in [0.2, 0.25) is 0 Å². The van der Waals surface area contributed by atoms with E-state index in [2.05, 4.69) is 5.32 Å². The van der Waals surface area contributed by atoms with Gasteiger partial charge in [0, 0.05) is 10.7 Å². The maximum atomic E-state index is 11.3. The van der Waals surface area contributed by atoms with Crippen molar-refractivity contribution in [3.05, 3.63) is 65.2 Å². The van der Waals surface area contributed by atoms with Gasteiger partial charge in [-0.25, -0.2) is 4.79 Å². The Kier molecular flexibility index (Phi) is 3.85.